The van der Waals surface area contributed by atoms with Gasteiger partial charge in [-0.2, -0.15) is 0 Å². The number of aliphatic carboxylic acids is 1. The summed E-state index contributed by atoms with van der Waals surface area (Å²) in [5.41, 5.74) is 6.85. The summed E-state index contributed by atoms with van der Waals surface area (Å²) in [7, 11) is 0. The monoisotopic (exact) mass is 298 g/mol. The molecule has 2 aromatic heterocycles. The Morgan fingerprint density at radius 2 is 2.16 bits per heavy atom. The van der Waals surface area contributed by atoms with Crippen LogP contribution >= 0.6 is 22.7 Å². The number of carboxylic acids is 1. The van der Waals surface area contributed by atoms with Gasteiger partial charge in [0, 0.05) is 16.5 Å². The number of anilines is 1. The largest absolute Gasteiger partial charge is 0.480 e. The van der Waals surface area contributed by atoms with E-state index < -0.39 is 12.0 Å². The average Bonchev–Trinajstić information content (AvgIpc) is 2.97. The highest BCUT2D eigenvalue weighted by molar-refractivity contribution is 7.13. The Balaban J connectivity index is 2.06. The Kier molecular flexibility index (Phi) is 4.13. The van der Waals surface area contributed by atoms with Crippen LogP contribution in [0.3, 0.4) is 0 Å². The maximum atomic E-state index is 10.8. The molecule has 0 aliphatic heterocycles. The molecule has 2 unspecified atom stereocenters. The van der Waals surface area contributed by atoms with Gasteiger partial charge >= 0.3 is 5.97 Å². The van der Waals surface area contributed by atoms with Gasteiger partial charge in [0.2, 0.25) is 0 Å². The molecule has 0 spiro atoms. The fraction of sp³-hybridized carbons (Fsp3) is 0.364. The summed E-state index contributed by atoms with van der Waals surface area (Å²) in [6, 6.07) is -1.05. The highest BCUT2D eigenvalue weighted by Crippen LogP contribution is 2.25. The van der Waals surface area contributed by atoms with Crippen LogP contribution in [-0.4, -0.2) is 21.0 Å². The van der Waals surface area contributed by atoms with E-state index >= 15 is 0 Å². The lowest BCUT2D eigenvalue weighted by Gasteiger charge is -2.09. The third-order valence-electron chi connectivity index (χ3n) is 2.45. The number of thiazole rings is 2. The lowest BCUT2D eigenvalue weighted by molar-refractivity contribution is -0.138. The number of aromatic nitrogens is 2. The second-order valence-electron chi connectivity index (χ2n) is 4.09. The molecule has 0 aliphatic carbocycles. The quantitative estimate of drug-likeness (QED) is 0.782. The first-order valence-electron chi connectivity index (χ1n) is 5.59. The molecule has 4 N–H and O–H groups in total. The maximum Gasteiger partial charge on any atom is 0.326 e. The van der Waals surface area contributed by atoms with Crippen LogP contribution in [0.25, 0.3) is 0 Å². The molecule has 0 saturated carbocycles. The van der Waals surface area contributed by atoms with Gasteiger partial charge in [0.15, 0.2) is 5.13 Å². The molecule has 0 saturated heterocycles. The summed E-state index contributed by atoms with van der Waals surface area (Å²) in [6.45, 7) is 3.93. The first-order valence-corrected chi connectivity index (χ1v) is 7.35. The number of hydrogen-bond donors (Lipinski definition) is 3. The molecule has 2 atom stereocenters. The molecule has 0 aliphatic rings. The van der Waals surface area contributed by atoms with Crippen molar-refractivity contribution in [1.82, 2.24) is 9.97 Å². The van der Waals surface area contributed by atoms with Crippen LogP contribution in [0, 0.1) is 6.92 Å². The molecule has 0 radical (unpaired) electrons. The van der Waals surface area contributed by atoms with Crippen LogP contribution < -0.4 is 11.1 Å². The highest BCUT2D eigenvalue weighted by atomic mass is 32.1. The van der Waals surface area contributed by atoms with Gasteiger partial charge in [0.25, 0.3) is 0 Å². The molecule has 8 heteroatoms. The second kappa shape index (κ2) is 5.64. The van der Waals surface area contributed by atoms with Crippen molar-refractivity contribution in [2.24, 2.45) is 5.73 Å². The molecule has 102 valence electrons. The van der Waals surface area contributed by atoms with E-state index in [1.165, 1.54) is 11.3 Å². The lowest BCUT2D eigenvalue weighted by Crippen LogP contribution is -2.21. The van der Waals surface area contributed by atoms with E-state index in [2.05, 4.69) is 15.3 Å². The topological polar surface area (TPSA) is 101 Å². The van der Waals surface area contributed by atoms with Crippen LogP contribution in [-0.2, 0) is 4.79 Å². The van der Waals surface area contributed by atoms with Crippen molar-refractivity contribution in [3.05, 3.63) is 27.2 Å². The second-order valence-corrected chi connectivity index (χ2v) is 5.83. The standard InChI is InChI=1S/C11H14N4O2S2/c1-5-3-18-9(13-5)6(2)14-11-15-7(4-19-11)8(12)10(16)17/h3-4,6,8H,12H2,1-2H3,(H,14,15)(H,16,17). The smallest absolute Gasteiger partial charge is 0.326 e. The van der Waals surface area contributed by atoms with Crippen LogP contribution in [0.5, 0.6) is 0 Å². The van der Waals surface area contributed by atoms with Crippen LogP contribution in [0.1, 0.15) is 35.4 Å². The van der Waals surface area contributed by atoms with Gasteiger partial charge in [-0.1, -0.05) is 0 Å². The van der Waals surface area contributed by atoms with Gasteiger partial charge in [-0.3, -0.25) is 4.79 Å². The van der Waals surface area contributed by atoms with E-state index in [9.17, 15) is 4.79 Å². The van der Waals surface area contributed by atoms with E-state index in [1.54, 1.807) is 16.7 Å². The van der Waals surface area contributed by atoms with Crippen molar-refractivity contribution < 1.29 is 9.90 Å². The summed E-state index contributed by atoms with van der Waals surface area (Å²) in [6.07, 6.45) is 0. The zero-order valence-electron chi connectivity index (χ0n) is 10.5. The van der Waals surface area contributed by atoms with Gasteiger partial charge in [-0.25, -0.2) is 9.97 Å². The number of carbonyl (C=O) groups is 1. The van der Waals surface area contributed by atoms with Crippen molar-refractivity contribution >= 4 is 33.8 Å². The molecule has 0 aromatic carbocycles. The van der Waals surface area contributed by atoms with Gasteiger partial charge in [0.1, 0.15) is 11.0 Å². The normalized spacial score (nSPS) is 14.1. The number of nitrogens with one attached hydrogen (secondary N) is 1. The summed E-state index contributed by atoms with van der Waals surface area (Å²) < 4.78 is 0. The fourth-order valence-corrected chi connectivity index (χ4v) is 3.08. The third kappa shape index (κ3) is 3.28. The Hall–Kier alpha value is -1.51. The van der Waals surface area contributed by atoms with Gasteiger partial charge < -0.3 is 16.2 Å². The van der Waals surface area contributed by atoms with Gasteiger partial charge in [-0.05, 0) is 13.8 Å². The summed E-state index contributed by atoms with van der Waals surface area (Å²) in [5, 5.41) is 17.3. The van der Waals surface area contributed by atoms with Crippen molar-refractivity contribution in [2.75, 3.05) is 5.32 Å². The molecule has 0 amide bonds. The van der Waals surface area contributed by atoms with E-state index in [1.807, 2.05) is 19.2 Å². The number of hydrogen-bond acceptors (Lipinski definition) is 7. The first-order chi connectivity index (χ1) is 8.97. The maximum absolute atomic E-state index is 10.8. The minimum Gasteiger partial charge on any atom is -0.480 e. The SMILES string of the molecule is Cc1csc(C(C)Nc2nc(C(N)C(=O)O)cs2)n1. The Morgan fingerprint density at radius 3 is 2.74 bits per heavy atom. The van der Waals surface area contributed by atoms with Crippen LogP contribution in [0.15, 0.2) is 10.8 Å². The molecule has 0 fully saturated rings. The molecular formula is C11H14N4O2S2. The number of carboxylic acid groups (broad SMARTS) is 1. The molecule has 2 heterocycles. The van der Waals surface area contributed by atoms with E-state index in [0.29, 0.717) is 10.8 Å². The Morgan fingerprint density at radius 1 is 1.42 bits per heavy atom. The predicted molar refractivity (Wildman–Crippen MR) is 75.6 cm³/mol. The fourth-order valence-electron chi connectivity index (χ4n) is 1.44. The van der Waals surface area contributed by atoms with Crippen molar-refractivity contribution in [3.8, 4) is 0 Å². The summed E-state index contributed by atoms with van der Waals surface area (Å²) >= 11 is 2.92. The minimum absolute atomic E-state index is 0.0266. The Bertz CT molecular complexity index is 581. The summed E-state index contributed by atoms with van der Waals surface area (Å²) in [5.74, 6) is -1.08. The van der Waals surface area contributed by atoms with Crippen LogP contribution in [0.4, 0.5) is 5.13 Å². The van der Waals surface area contributed by atoms with E-state index in [4.69, 9.17) is 10.8 Å². The van der Waals surface area contributed by atoms with Crippen molar-refractivity contribution in [2.45, 2.75) is 25.9 Å². The zero-order valence-corrected chi connectivity index (χ0v) is 12.1. The number of rotatable bonds is 5. The third-order valence-corrected chi connectivity index (χ3v) is 4.39. The van der Waals surface area contributed by atoms with Crippen molar-refractivity contribution in [1.29, 1.82) is 0 Å². The zero-order chi connectivity index (χ0) is 14.0. The van der Waals surface area contributed by atoms with E-state index in [-0.39, 0.29) is 6.04 Å². The molecule has 2 rings (SSSR count). The average molecular weight is 298 g/mol. The molecule has 2 aromatic rings. The number of nitrogens with two attached hydrogens (primary N) is 1. The Labute approximate surface area is 118 Å². The van der Waals surface area contributed by atoms with Crippen molar-refractivity contribution in [3.63, 3.8) is 0 Å². The van der Waals surface area contributed by atoms with E-state index in [0.717, 1.165) is 10.7 Å². The van der Waals surface area contributed by atoms with Crippen LogP contribution in [0.2, 0.25) is 0 Å². The molecular weight excluding hydrogens is 284 g/mol. The molecule has 0 bridgehead atoms. The number of nitrogens with zero attached hydrogens (tertiary/aromatic N) is 2. The summed E-state index contributed by atoms with van der Waals surface area (Å²) in [4.78, 5) is 19.3. The lowest BCUT2D eigenvalue weighted by atomic mass is 10.2. The van der Waals surface area contributed by atoms with Gasteiger partial charge in [0.05, 0.1) is 11.7 Å². The van der Waals surface area contributed by atoms with Gasteiger partial charge in [-0.15, -0.1) is 22.7 Å². The highest BCUT2D eigenvalue weighted by Gasteiger charge is 2.18. The number of aryl methyl sites for hydroxylation is 1. The molecule has 19 heavy (non-hydrogen) atoms. The predicted octanol–water partition coefficient (Wildman–Crippen LogP) is 2.17. The molecule has 6 nitrogen and oxygen atoms in total. The first kappa shape index (κ1) is 13.9. The minimum atomic E-state index is -1.08.